The maximum absolute atomic E-state index is 12.1. The molecule has 3 aromatic rings. The number of thiophene rings is 1. The Morgan fingerprint density at radius 3 is 2.62 bits per heavy atom. The molecule has 24 heavy (non-hydrogen) atoms. The van der Waals surface area contributed by atoms with Crippen molar-refractivity contribution in [3.63, 3.8) is 0 Å². The summed E-state index contributed by atoms with van der Waals surface area (Å²) in [5.74, 6) is 0.372. The number of urea groups is 1. The van der Waals surface area contributed by atoms with Crippen LogP contribution < -0.4 is 10.6 Å². The molecule has 0 radical (unpaired) electrons. The summed E-state index contributed by atoms with van der Waals surface area (Å²) in [4.78, 5) is 12.8. The molecule has 7 heteroatoms. The van der Waals surface area contributed by atoms with E-state index in [0.29, 0.717) is 21.3 Å². The number of amides is 2. The molecule has 0 aliphatic rings. The zero-order valence-corrected chi connectivity index (χ0v) is 14.1. The highest BCUT2D eigenvalue weighted by molar-refractivity contribution is 7.10. The van der Waals surface area contributed by atoms with Crippen LogP contribution in [-0.2, 0) is 5.60 Å². The van der Waals surface area contributed by atoms with E-state index < -0.39 is 11.6 Å². The fourth-order valence-electron chi connectivity index (χ4n) is 2.24. The largest absolute Gasteiger partial charge is 0.466 e. The molecule has 124 valence electrons. The molecule has 0 aliphatic carbocycles. The molecule has 0 aliphatic heterocycles. The summed E-state index contributed by atoms with van der Waals surface area (Å²) in [5, 5.41) is 18.8. The number of carbonyl (C=O) groups excluding carboxylic acids is 1. The van der Waals surface area contributed by atoms with Crippen molar-refractivity contribution in [2.24, 2.45) is 0 Å². The Hall–Kier alpha value is -2.28. The summed E-state index contributed by atoms with van der Waals surface area (Å²) in [6.07, 6.45) is 1.49. The molecule has 0 fully saturated rings. The van der Waals surface area contributed by atoms with Gasteiger partial charge in [-0.25, -0.2) is 4.79 Å². The van der Waals surface area contributed by atoms with Crippen molar-refractivity contribution in [1.29, 1.82) is 0 Å². The van der Waals surface area contributed by atoms with Crippen LogP contribution >= 0.6 is 22.9 Å². The minimum atomic E-state index is -1.42. The van der Waals surface area contributed by atoms with Crippen LogP contribution in [0.4, 0.5) is 10.5 Å². The maximum Gasteiger partial charge on any atom is 0.319 e. The number of carbonyl (C=O) groups is 1. The average Bonchev–Trinajstić information content (AvgIpc) is 3.28. The van der Waals surface area contributed by atoms with Crippen molar-refractivity contribution in [2.75, 3.05) is 11.9 Å². The van der Waals surface area contributed by atoms with Gasteiger partial charge in [-0.05, 0) is 47.8 Å². The monoisotopic (exact) mass is 362 g/mol. The van der Waals surface area contributed by atoms with E-state index in [-0.39, 0.29) is 6.54 Å². The third kappa shape index (κ3) is 3.62. The molecular formula is C17H15ClN2O3S. The molecule has 0 saturated carbocycles. The molecule has 0 saturated heterocycles. The number of furan rings is 1. The highest BCUT2D eigenvalue weighted by Gasteiger charge is 2.36. The minimum absolute atomic E-state index is 0.0273. The Labute approximate surface area is 147 Å². The quantitative estimate of drug-likeness (QED) is 0.641. The van der Waals surface area contributed by atoms with E-state index in [4.69, 9.17) is 16.0 Å². The van der Waals surface area contributed by atoms with Gasteiger partial charge in [0.1, 0.15) is 5.76 Å². The molecule has 1 atom stereocenters. The number of halogens is 1. The molecule has 2 aromatic heterocycles. The molecule has 3 N–H and O–H groups in total. The molecular weight excluding hydrogens is 348 g/mol. The van der Waals surface area contributed by atoms with Crippen molar-refractivity contribution >= 4 is 34.7 Å². The van der Waals surface area contributed by atoms with Gasteiger partial charge in [0.2, 0.25) is 0 Å². The first-order valence-corrected chi connectivity index (χ1v) is 8.44. The van der Waals surface area contributed by atoms with Gasteiger partial charge in [-0.1, -0.05) is 17.7 Å². The zero-order chi connectivity index (χ0) is 17.0. The molecule has 3 rings (SSSR count). The molecule has 1 unspecified atom stereocenters. The smallest absolute Gasteiger partial charge is 0.319 e. The van der Waals surface area contributed by atoms with Crippen LogP contribution in [0, 0.1) is 0 Å². The van der Waals surface area contributed by atoms with Crippen LogP contribution in [0.25, 0.3) is 0 Å². The Balaban J connectivity index is 1.70. The van der Waals surface area contributed by atoms with Gasteiger partial charge in [0.25, 0.3) is 0 Å². The number of nitrogens with one attached hydrogen (secondary N) is 2. The predicted octanol–water partition coefficient (Wildman–Crippen LogP) is 4.05. The SMILES string of the molecule is O=C(NCC(O)(c1ccco1)c1cccs1)Nc1ccc(Cl)cc1. The highest BCUT2D eigenvalue weighted by Crippen LogP contribution is 2.32. The summed E-state index contributed by atoms with van der Waals surface area (Å²) in [6, 6.07) is 13.3. The van der Waals surface area contributed by atoms with Gasteiger partial charge in [-0.2, -0.15) is 0 Å². The van der Waals surface area contributed by atoms with E-state index in [9.17, 15) is 9.90 Å². The Morgan fingerprint density at radius 1 is 1.21 bits per heavy atom. The molecule has 0 bridgehead atoms. The van der Waals surface area contributed by atoms with Crippen LogP contribution in [-0.4, -0.2) is 17.7 Å². The first-order chi connectivity index (χ1) is 11.6. The number of rotatable bonds is 5. The minimum Gasteiger partial charge on any atom is -0.466 e. The van der Waals surface area contributed by atoms with Gasteiger partial charge < -0.3 is 20.2 Å². The van der Waals surface area contributed by atoms with Crippen molar-refractivity contribution < 1.29 is 14.3 Å². The normalized spacial score (nSPS) is 13.2. The molecule has 2 heterocycles. The molecule has 0 spiro atoms. The lowest BCUT2D eigenvalue weighted by molar-refractivity contribution is 0.0628. The lowest BCUT2D eigenvalue weighted by Gasteiger charge is -2.25. The van der Waals surface area contributed by atoms with Crippen LogP contribution in [0.2, 0.25) is 5.02 Å². The van der Waals surface area contributed by atoms with Gasteiger partial charge >= 0.3 is 6.03 Å². The van der Waals surface area contributed by atoms with Crippen molar-refractivity contribution in [2.45, 2.75) is 5.60 Å². The first-order valence-electron chi connectivity index (χ1n) is 7.19. The molecule has 1 aromatic carbocycles. The van der Waals surface area contributed by atoms with Gasteiger partial charge in [0.05, 0.1) is 12.8 Å². The van der Waals surface area contributed by atoms with Crippen molar-refractivity contribution in [3.05, 3.63) is 75.8 Å². The maximum atomic E-state index is 12.1. The van der Waals surface area contributed by atoms with Crippen LogP contribution in [0.5, 0.6) is 0 Å². The van der Waals surface area contributed by atoms with Crippen molar-refractivity contribution in [3.8, 4) is 0 Å². The summed E-state index contributed by atoms with van der Waals surface area (Å²) in [6.45, 7) is -0.0273. The second-order valence-electron chi connectivity index (χ2n) is 5.13. The van der Waals surface area contributed by atoms with Crippen LogP contribution in [0.1, 0.15) is 10.6 Å². The van der Waals surface area contributed by atoms with Crippen LogP contribution in [0.3, 0.4) is 0 Å². The first kappa shape index (κ1) is 16.6. The fourth-order valence-corrected chi connectivity index (χ4v) is 3.19. The lowest BCUT2D eigenvalue weighted by Crippen LogP contribution is -2.42. The van der Waals surface area contributed by atoms with E-state index in [2.05, 4.69) is 10.6 Å². The number of hydrogen-bond donors (Lipinski definition) is 3. The van der Waals surface area contributed by atoms with Gasteiger partial charge in [-0.15, -0.1) is 11.3 Å². The molecule has 2 amide bonds. The Bertz CT molecular complexity index is 752. The lowest BCUT2D eigenvalue weighted by atomic mass is 9.99. The van der Waals surface area contributed by atoms with E-state index in [1.807, 2.05) is 11.4 Å². The van der Waals surface area contributed by atoms with E-state index in [0.717, 1.165) is 0 Å². The van der Waals surface area contributed by atoms with Crippen molar-refractivity contribution in [1.82, 2.24) is 5.32 Å². The molecule has 5 nitrogen and oxygen atoms in total. The summed E-state index contributed by atoms with van der Waals surface area (Å²) >= 11 is 7.20. The van der Waals surface area contributed by atoms with Gasteiger partial charge in [-0.3, -0.25) is 0 Å². The number of benzene rings is 1. The fraction of sp³-hybridized carbons (Fsp3) is 0.118. The van der Waals surface area contributed by atoms with E-state index >= 15 is 0 Å². The van der Waals surface area contributed by atoms with E-state index in [1.165, 1.54) is 17.6 Å². The van der Waals surface area contributed by atoms with Gasteiger partial charge in [0, 0.05) is 15.6 Å². The zero-order valence-electron chi connectivity index (χ0n) is 12.5. The van der Waals surface area contributed by atoms with Crippen LogP contribution in [0.15, 0.2) is 64.6 Å². The second kappa shape index (κ2) is 7.09. The number of hydrogen-bond acceptors (Lipinski definition) is 4. The van der Waals surface area contributed by atoms with E-state index in [1.54, 1.807) is 42.5 Å². The summed E-state index contributed by atoms with van der Waals surface area (Å²) in [7, 11) is 0. The summed E-state index contributed by atoms with van der Waals surface area (Å²) < 4.78 is 5.36. The topological polar surface area (TPSA) is 74.5 Å². The summed E-state index contributed by atoms with van der Waals surface area (Å²) in [5.41, 5.74) is -0.816. The third-order valence-electron chi connectivity index (χ3n) is 3.46. The number of aliphatic hydroxyl groups is 1. The Kier molecular flexibility index (Phi) is 4.89. The average molecular weight is 363 g/mol. The third-order valence-corrected chi connectivity index (χ3v) is 4.74. The highest BCUT2D eigenvalue weighted by atomic mass is 35.5. The standard InChI is InChI=1S/C17H15ClN2O3S/c18-12-5-7-13(8-6-12)20-16(21)19-11-17(22,14-3-1-9-23-14)15-4-2-10-24-15/h1-10,22H,11H2,(H2,19,20,21). The Morgan fingerprint density at radius 2 is 2.00 bits per heavy atom. The predicted molar refractivity (Wildman–Crippen MR) is 94.5 cm³/mol. The number of anilines is 1. The van der Waals surface area contributed by atoms with Gasteiger partial charge in [0.15, 0.2) is 5.60 Å². The second-order valence-corrected chi connectivity index (χ2v) is 6.51.